The van der Waals surface area contributed by atoms with E-state index in [1.165, 1.54) is 22.7 Å². The van der Waals surface area contributed by atoms with Crippen molar-refractivity contribution < 1.29 is 9.59 Å². The van der Waals surface area contributed by atoms with E-state index in [1.54, 1.807) is 24.3 Å². The van der Waals surface area contributed by atoms with Crippen molar-refractivity contribution in [3.8, 4) is 22.5 Å². The summed E-state index contributed by atoms with van der Waals surface area (Å²) >= 11 is 27.1. The normalized spacial score (nSPS) is 11.0. The molecule has 40 heavy (non-hydrogen) atoms. The van der Waals surface area contributed by atoms with E-state index in [0.717, 1.165) is 49.7 Å². The first-order valence-corrected chi connectivity index (χ1v) is 16.0. The van der Waals surface area contributed by atoms with Gasteiger partial charge in [-0.2, -0.15) is 0 Å². The van der Waals surface area contributed by atoms with Crippen molar-refractivity contribution >= 4 is 91.2 Å². The van der Waals surface area contributed by atoms with Gasteiger partial charge in [-0.15, -0.1) is 22.7 Å². The van der Waals surface area contributed by atoms with Gasteiger partial charge in [0.15, 0.2) is 10.3 Å². The Kier molecular flexibility index (Phi) is 11.6. The second-order valence-electron chi connectivity index (χ2n) is 9.04. The zero-order valence-electron chi connectivity index (χ0n) is 21.3. The molecular weight excluding hydrogens is 630 g/mol. The fourth-order valence-electron chi connectivity index (χ4n) is 3.95. The summed E-state index contributed by atoms with van der Waals surface area (Å²) in [6.07, 6.45) is 6.43. The molecule has 6 nitrogen and oxygen atoms in total. The highest BCUT2D eigenvalue weighted by atomic mass is 35.5. The first-order chi connectivity index (χ1) is 19.3. The molecule has 4 aromatic rings. The van der Waals surface area contributed by atoms with E-state index in [4.69, 9.17) is 46.4 Å². The van der Waals surface area contributed by atoms with Crippen LogP contribution in [0, 0.1) is 0 Å². The van der Waals surface area contributed by atoms with Gasteiger partial charge in [-0.05, 0) is 49.2 Å². The second-order valence-corrected chi connectivity index (χ2v) is 12.4. The zero-order chi connectivity index (χ0) is 28.5. The molecule has 2 aromatic heterocycles. The molecule has 0 bridgehead atoms. The van der Waals surface area contributed by atoms with E-state index in [0.29, 0.717) is 54.6 Å². The lowest BCUT2D eigenvalue weighted by Crippen LogP contribution is -2.11. The van der Waals surface area contributed by atoms with Gasteiger partial charge in [0, 0.05) is 44.8 Å². The molecule has 0 fully saturated rings. The van der Waals surface area contributed by atoms with Gasteiger partial charge in [-0.25, -0.2) is 9.97 Å². The molecule has 0 saturated heterocycles. The van der Waals surface area contributed by atoms with E-state index >= 15 is 0 Å². The van der Waals surface area contributed by atoms with Gasteiger partial charge in [-0.3, -0.25) is 9.59 Å². The Morgan fingerprint density at radius 3 is 1.43 bits per heavy atom. The molecule has 0 radical (unpaired) electrons. The number of anilines is 2. The molecule has 0 aliphatic carbocycles. The van der Waals surface area contributed by atoms with Crippen molar-refractivity contribution in [3.63, 3.8) is 0 Å². The van der Waals surface area contributed by atoms with Crippen molar-refractivity contribution in [1.82, 2.24) is 9.97 Å². The number of amides is 2. The van der Waals surface area contributed by atoms with E-state index in [2.05, 4.69) is 20.6 Å². The Morgan fingerprint density at radius 1 is 0.625 bits per heavy atom. The topological polar surface area (TPSA) is 84.0 Å². The molecule has 0 aliphatic heterocycles. The van der Waals surface area contributed by atoms with Crippen LogP contribution >= 0.6 is 69.1 Å². The SMILES string of the molecule is O=C(CCCCCCCCC(=O)Nc1nc(-c2ccc(Cl)cc2Cl)cs1)Nc1nc(-c2ccc(Cl)cc2Cl)cs1. The minimum absolute atomic E-state index is 0.0524. The predicted molar refractivity (Wildman–Crippen MR) is 169 cm³/mol. The van der Waals surface area contributed by atoms with Crippen molar-refractivity contribution in [3.05, 3.63) is 67.2 Å². The predicted octanol–water partition coefficient (Wildman–Crippen LogP) is 10.2. The molecule has 2 aromatic carbocycles. The number of hydrogen-bond donors (Lipinski definition) is 2. The molecule has 4 rings (SSSR count). The number of halogens is 4. The maximum Gasteiger partial charge on any atom is 0.226 e. The summed E-state index contributed by atoms with van der Waals surface area (Å²) in [5, 5.41) is 12.7. The molecule has 2 heterocycles. The average Bonchev–Trinajstić information content (AvgIpc) is 3.55. The summed E-state index contributed by atoms with van der Waals surface area (Å²) in [6, 6.07) is 10.5. The number of benzene rings is 2. The van der Waals surface area contributed by atoms with Gasteiger partial charge < -0.3 is 10.6 Å². The maximum absolute atomic E-state index is 12.3. The number of carbonyl (C=O) groups excluding carboxylic acids is 2. The first kappa shape index (κ1) is 30.8. The monoisotopic (exact) mass is 654 g/mol. The average molecular weight is 656 g/mol. The van der Waals surface area contributed by atoms with E-state index in [9.17, 15) is 9.59 Å². The van der Waals surface area contributed by atoms with Crippen LogP contribution in [0.15, 0.2) is 47.2 Å². The second kappa shape index (κ2) is 15.1. The Bertz CT molecular complexity index is 1360. The minimum Gasteiger partial charge on any atom is -0.302 e. The minimum atomic E-state index is -0.0524. The molecular formula is C28H26Cl4N4O2S2. The van der Waals surface area contributed by atoms with Gasteiger partial charge in [0.25, 0.3) is 0 Å². The van der Waals surface area contributed by atoms with Gasteiger partial charge in [0.05, 0.1) is 21.4 Å². The molecule has 210 valence electrons. The van der Waals surface area contributed by atoms with Crippen LogP contribution in [0.5, 0.6) is 0 Å². The third kappa shape index (κ3) is 9.16. The number of aromatic nitrogens is 2. The summed E-state index contributed by atoms with van der Waals surface area (Å²) in [5.41, 5.74) is 2.96. The van der Waals surface area contributed by atoms with Crippen LogP contribution in [-0.4, -0.2) is 21.8 Å². The number of unbranched alkanes of at least 4 members (excludes halogenated alkanes) is 5. The molecule has 0 aliphatic rings. The van der Waals surface area contributed by atoms with Crippen LogP contribution in [0.1, 0.15) is 51.4 Å². The van der Waals surface area contributed by atoms with Crippen LogP contribution in [0.25, 0.3) is 22.5 Å². The summed E-state index contributed by atoms with van der Waals surface area (Å²) in [5.74, 6) is -0.105. The Labute approximate surface area is 261 Å². The third-order valence-electron chi connectivity index (χ3n) is 5.97. The summed E-state index contributed by atoms with van der Waals surface area (Å²) in [7, 11) is 0. The Hall–Kier alpha value is -2.20. The number of carbonyl (C=O) groups is 2. The van der Waals surface area contributed by atoms with Gasteiger partial charge in [0.1, 0.15) is 0 Å². The van der Waals surface area contributed by atoms with Crippen LogP contribution in [-0.2, 0) is 9.59 Å². The Morgan fingerprint density at radius 2 is 1.02 bits per heavy atom. The van der Waals surface area contributed by atoms with E-state index in [1.807, 2.05) is 22.9 Å². The molecule has 0 unspecified atom stereocenters. The fourth-order valence-corrected chi connectivity index (χ4v) is 6.41. The van der Waals surface area contributed by atoms with Crippen LogP contribution in [0.4, 0.5) is 10.3 Å². The summed E-state index contributed by atoms with van der Waals surface area (Å²) in [4.78, 5) is 33.5. The van der Waals surface area contributed by atoms with Crippen molar-refractivity contribution in [1.29, 1.82) is 0 Å². The van der Waals surface area contributed by atoms with Crippen LogP contribution in [0.2, 0.25) is 20.1 Å². The first-order valence-electron chi connectivity index (χ1n) is 12.7. The highest BCUT2D eigenvalue weighted by Gasteiger charge is 2.12. The largest absolute Gasteiger partial charge is 0.302 e. The highest BCUT2D eigenvalue weighted by molar-refractivity contribution is 7.14. The lowest BCUT2D eigenvalue weighted by atomic mass is 10.1. The third-order valence-corrected chi connectivity index (χ3v) is 8.58. The summed E-state index contributed by atoms with van der Waals surface area (Å²) < 4.78 is 0. The summed E-state index contributed by atoms with van der Waals surface area (Å²) in [6.45, 7) is 0. The molecule has 0 atom stereocenters. The number of rotatable bonds is 13. The van der Waals surface area contributed by atoms with Gasteiger partial charge in [0.2, 0.25) is 11.8 Å². The van der Waals surface area contributed by atoms with Gasteiger partial charge in [-0.1, -0.05) is 72.1 Å². The van der Waals surface area contributed by atoms with Crippen molar-refractivity contribution in [2.45, 2.75) is 51.4 Å². The lowest BCUT2D eigenvalue weighted by Gasteiger charge is -2.04. The maximum atomic E-state index is 12.3. The molecule has 0 saturated carbocycles. The standard InChI is InChI=1S/C28H26Cl4N4O2S2/c29-17-9-11-19(21(31)13-17)23-15-39-27(33-23)35-25(37)7-5-3-1-2-4-6-8-26(38)36-28-34-24(16-40-28)20-12-10-18(30)14-22(20)32/h9-16H,1-8H2,(H,33,35,37)(H,34,36,38). The highest BCUT2D eigenvalue weighted by Crippen LogP contribution is 2.33. The van der Waals surface area contributed by atoms with Crippen LogP contribution in [0.3, 0.4) is 0 Å². The molecule has 12 heteroatoms. The van der Waals surface area contributed by atoms with Crippen LogP contribution < -0.4 is 10.6 Å². The van der Waals surface area contributed by atoms with Crippen molar-refractivity contribution in [2.75, 3.05) is 10.6 Å². The smallest absolute Gasteiger partial charge is 0.226 e. The van der Waals surface area contributed by atoms with E-state index < -0.39 is 0 Å². The fraction of sp³-hybridized carbons (Fsp3) is 0.286. The van der Waals surface area contributed by atoms with E-state index in [-0.39, 0.29) is 11.8 Å². The number of nitrogens with zero attached hydrogens (tertiary/aromatic N) is 2. The Balaban J connectivity index is 1.06. The number of thiazole rings is 2. The van der Waals surface area contributed by atoms with Crippen molar-refractivity contribution in [2.24, 2.45) is 0 Å². The quantitative estimate of drug-likeness (QED) is 0.140. The zero-order valence-corrected chi connectivity index (χ0v) is 26.0. The molecule has 2 amide bonds. The molecule has 2 N–H and O–H groups in total. The van der Waals surface area contributed by atoms with Gasteiger partial charge >= 0.3 is 0 Å². The number of nitrogens with one attached hydrogen (secondary N) is 2. The lowest BCUT2D eigenvalue weighted by molar-refractivity contribution is -0.117. The molecule has 0 spiro atoms. The number of hydrogen-bond acceptors (Lipinski definition) is 6.